The van der Waals surface area contributed by atoms with E-state index in [4.69, 9.17) is 5.26 Å². The fraction of sp³-hybridized carbons (Fsp3) is 0.438. The predicted octanol–water partition coefficient (Wildman–Crippen LogP) is 2.53. The molecule has 1 heterocycles. The molecule has 20 heavy (non-hydrogen) atoms. The molecule has 0 unspecified atom stereocenters. The van der Waals surface area contributed by atoms with Crippen molar-refractivity contribution in [3.05, 3.63) is 29.8 Å². The highest BCUT2D eigenvalue weighted by molar-refractivity contribution is 6.09. The van der Waals surface area contributed by atoms with Gasteiger partial charge in [-0.3, -0.25) is 9.59 Å². The van der Waals surface area contributed by atoms with Crippen LogP contribution in [-0.4, -0.2) is 18.2 Å². The van der Waals surface area contributed by atoms with Crippen molar-refractivity contribution in [1.29, 1.82) is 5.26 Å². The molecule has 1 aliphatic rings. The quantitative estimate of drug-likeness (QED) is 0.793. The molecule has 1 aromatic rings. The van der Waals surface area contributed by atoms with Gasteiger partial charge in [0.15, 0.2) is 0 Å². The molecule has 0 aromatic heterocycles. The lowest BCUT2D eigenvalue weighted by atomic mass is 9.87. The molecule has 1 amide bonds. The lowest BCUT2D eigenvalue weighted by Gasteiger charge is -2.32. The second-order valence-corrected chi connectivity index (χ2v) is 5.40. The number of hydrogen-bond donors (Lipinski definition) is 0. The topological polar surface area (TPSA) is 61.2 Å². The summed E-state index contributed by atoms with van der Waals surface area (Å²) in [6.45, 7) is 4.29. The minimum absolute atomic E-state index is 0.0216. The summed E-state index contributed by atoms with van der Waals surface area (Å²) in [5.41, 5.74) is 1.32. The molecule has 1 fully saturated rings. The van der Waals surface area contributed by atoms with Gasteiger partial charge in [0, 0.05) is 18.2 Å². The van der Waals surface area contributed by atoms with Crippen molar-refractivity contribution in [3.63, 3.8) is 0 Å². The van der Waals surface area contributed by atoms with E-state index < -0.39 is 5.92 Å². The normalized spacial score (nSPS) is 19.0. The summed E-state index contributed by atoms with van der Waals surface area (Å²) in [4.78, 5) is 26.2. The molecule has 1 aromatic carbocycles. The number of nitrogens with zero attached hydrogens (tertiary/aromatic N) is 2. The average Bonchev–Trinajstić information content (AvgIpc) is 2.47. The highest BCUT2D eigenvalue weighted by atomic mass is 16.2. The largest absolute Gasteiger partial charge is 0.312 e. The molecule has 0 bridgehead atoms. The number of anilines is 1. The van der Waals surface area contributed by atoms with Gasteiger partial charge in [-0.05, 0) is 37.1 Å². The van der Waals surface area contributed by atoms with Crippen LogP contribution < -0.4 is 4.90 Å². The summed E-state index contributed by atoms with van der Waals surface area (Å²) in [7, 11) is 0. The zero-order valence-electron chi connectivity index (χ0n) is 11.8. The molecule has 0 N–H and O–H groups in total. The highest BCUT2D eigenvalue weighted by Gasteiger charge is 2.35. The number of amides is 1. The second-order valence-electron chi connectivity index (χ2n) is 5.40. The van der Waals surface area contributed by atoms with Gasteiger partial charge < -0.3 is 4.90 Å². The highest BCUT2D eigenvalue weighted by Crippen LogP contribution is 2.26. The van der Waals surface area contributed by atoms with E-state index in [1.807, 2.05) is 13.8 Å². The molecule has 4 heteroatoms. The van der Waals surface area contributed by atoms with Crippen LogP contribution in [0.4, 0.5) is 5.69 Å². The molecule has 2 rings (SSSR count). The van der Waals surface area contributed by atoms with E-state index in [1.54, 1.807) is 29.2 Å². The molecule has 104 valence electrons. The third kappa shape index (κ3) is 2.72. The number of ketones is 1. The van der Waals surface area contributed by atoms with Crippen LogP contribution >= 0.6 is 0 Å². The van der Waals surface area contributed by atoms with E-state index in [1.165, 1.54) is 0 Å². The van der Waals surface area contributed by atoms with Crippen LogP contribution in [0.15, 0.2) is 24.3 Å². The Kier molecular flexibility index (Phi) is 4.19. The molecular weight excluding hydrogens is 252 g/mol. The minimum atomic E-state index is -0.514. The van der Waals surface area contributed by atoms with E-state index in [9.17, 15) is 9.59 Å². The minimum Gasteiger partial charge on any atom is -0.312 e. The van der Waals surface area contributed by atoms with Gasteiger partial charge in [0.25, 0.3) is 0 Å². The van der Waals surface area contributed by atoms with Gasteiger partial charge in [-0.15, -0.1) is 0 Å². The number of benzene rings is 1. The lowest BCUT2D eigenvalue weighted by molar-refractivity contribution is -0.135. The molecule has 1 aliphatic heterocycles. The maximum atomic E-state index is 12.5. The van der Waals surface area contributed by atoms with Crippen molar-refractivity contribution in [2.45, 2.75) is 26.7 Å². The van der Waals surface area contributed by atoms with Crippen molar-refractivity contribution >= 4 is 17.4 Å². The van der Waals surface area contributed by atoms with Crippen LogP contribution in [0, 0.1) is 23.2 Å². The van der Waals surface area contributed by atoms with Gasteiger partial charge in [0.2, 0.25) is 5.91 Å². The zero-order valence-corrected chi connectivity index (χ0v) is 11.8. The smallest absolute Gasteiger partial charge is 0.237 e. The van der Waals surface area contributed by atoms with Gasteiger partial charge in [-0.2, -0.15) is 5.26 Å². The molecule has 1 saturated heterocycles. The van der Waals surface area contributed by atoms with E-state index in [0.29, 0.717) is 18.5 Å². The molecule has 0 aliphatic carbocycles. The molecule has 0 saturated carbocycles. The summed E-state index contributed by atoms with van der Waals surface area (Å²) in [5.74, 6) is -0.725. The first-order valence-corrected chi connectivity index (χ1v) is 6.90. The van der Waals surface area contributed by atoms with Crippen molar-refractivity contribution < 1.29 is 9.59 Å². The summed E-state index contributed by atoms with van der Waals surface area (Å²) < 4.78 is 0. The first-order valence-electron chi connectivity index (χ1n) is 6.90. The SMILES string of the molecule is CC(C)C(=O)[C@@H]1CCCN(c2ccc(C#N)cc2)C1=O. The standard InChI is InChI=1S/C16H18N2O2/c1-11(2)15(19)14-4-3-9-18(16(14)20)13-7-5-12(10-17)6-8-13/h5-8,11,14H,3-4,9H2,1-2H3/t14-/m0/s1. The van der Waals surface area contributed by atoms with Crippen LogP contribution in [0.5, 0.6) is 0 Å². The van der Waals surface area contributed by atoms with Crippen molar-refractivity contribution in [2.24, 2.45) is 11.8 Å². The van der Waals surface area contributed by atoms with Crippen LogP contribution in [-0.2, 0) is 9.59 Å². The van der Waals surface area contributed by atoms with E-state index in [2.05, 4.69) is 6.07 Å². The van der Waals surface area contributed by atoms with Crippen LogP contribution in [0.25, 0.3) is 0 Å². The van der Waals surface area contributed by atoms with Crippen molar-refractivity contribution in [1.82, 2.24) is 0 Å². The second kappa shape index (κ2) is 5.87. The lowest BCUT2D eigenvalue weighted by Crippen LogP contribution is -2.45. The maximum absolute atomic E-state index is 12.5. The fourth-order valence-electron chi connectivity index (χ4n) is 2.51. The fourth-order valence-corrected chi connectivity index (χ4v) is 2.51. The van der Waals surface area contributed by atoms with E-state index in [0.717, 1.165) is 12.1 Å². The molecular formula is C16H18N2O2. The van der Waals surface area contributed by atoms with Gasteiger partial charge >= 0.3 is 0 Å². The number of nitriles is 1. The Labute approximate surface area is 119 Å². The van der Waals surface area contributed by atoms with Gasteiger partial charge in [-0.25, -0.2) is 0 Å². The summed E-state index contributed by atoms with van der Waals surface area (Å²) in [5, 5.41) is 8.79. The number of piperidine rings is 1. The van der Waals surface area contributed by atoms with Crippen LogP contribution in [0.3, 0.4) is 0 Å². The van der Waals surface area contributed by atoms with Gasteiger partial charge in [-0.1, -0.05) is 13.8 Å². The van der Waals surface area contributed by atoms with Crippen LogP contribution in [0.2, 0.25) is 0 Å². The Morgan fingerprint density at radius 1 is 1.35 bits per heavy atom. The van der Waals surface area contributed by atoms with Gasteiger partial charge in [0.05, 0.1) is 17.6 Å². The number of carbonyl (C=O) groups is 2. The Balaban J connectivity index is 2.21. The molecule has 1 atom stereocenters. The first kappa shape index (κ1) is 14.3. The summed E-state index contributed by atoms with van der Waals surface area (Å²) in [6, 6.07) is 8.96. The maximum Gasteiger partial charge on any atom is 0.237 e. The van der Waals surface area contributed by atoms with E-state index in [-0.39, 0.29) is 17.6 Å². The number of hydrogen-bond acceptors (Lipinski definition) is 3. The Bertz CT molecular complexity index is 555. The summed E-state index contributed by atoms with van der Waals surface area (Å²) >= 11 is 0. The van der Waals surface area contributed by atoms with Crippen molar-refractivity contribution in [2.75, 3.05) is 11.4 Å². The molecule has 4 nitrogen and oxygen atoms in total. The Morgan fingerprint density at radius 3 is 2.55 bits per heavy atom. The average molecular weight is 270 g/mol. The first-order chi connectivity index (χ1) is 9.54. The number of Topliss-reactive ketones (excluding diaryl/α,β-unsaturated/α-hetero) is 1. The van der Waals surface area contributed by atoms with Gasteiger partial charge in [0.1, 0.15) is 5.78 Å². The third-order valence-electron chi connectivity index (χ3n) is 3.66. The zero-order chi connectivity index (χ0) is 14.7. The molecule has 0 spiro atoms. The van der Waals surface area contributed by atoms with Crippen LogP contribution in [0.1, 0.15) is 32.3 Å². The predicted molar refractivity (Wildman–Crippen MR) is 76.1 cm³/mol. The monoisotopic (exact) mass is 270 g/mol. The third-order valence-corrected chi connectivity index (χ3v) is 3.66. The van der Waals surface area contributed by atoms with E-state index >= 15 is 0 Å². The molecule has 0 radical (unpaired) electrons. The number of carbonyl (C=O) groups excluding carboxylic acids is 2. The van der Waals surface area contributed by atoms with Crippen molar-refractivity contribution in [3.8, 4) is 6.07 Å². The Morgan fingerprint density at radius 2 is 2.00 bits per heavy atom. The Hall–Kier alpha value is -2.15. The number of rotatable bonds is 3. The summed E-state index contributed by atoms with van der Waals surface area (Å²) in [6.07, 6.45) is 1.47.